The number of carbonyl (C=O) groups is 1. The quantitative estimate of drug-likeness (QED) is 0.609. The third-order valence-electron chi connectivity index (χ3n) is 2.32. The third-order valence-corrected chi connectivity index (χ3v) is 2.32. The van der Waals surface area contributed by atoms with Gasteiger partial charge in [0.2, 0.25) is 0 Å². The Morgan fingerprint density at radius 2 is 1.65 bits per heavy atom. The molecular formula is C14H23NO5. The van der Waals surface area contributed by atoms with Crippen molar-refractivity contribution in [2.75, 3.05) is 40.5 Å². The molecule has 0 unspecified atom stereocenters. The molecule has 0 spiro atoms. The maximum atomic E-state index is 10.2. The first kappa shape index (κ1) is 18.5. The fraction of sp³-hybridized carbons (Fsp3) is 0.500. The van der Waals surface area contributed by atoms with Gasteiger partial charge in [0, 0.05) is 27.3 Å². The molecule has 1 aromatic rings. The van der Waals surface area contributed by atoms with E-state index >= 15 is 0 Å². The fourth-order valence-electron chi connectivity index (χ4n) is 1.25. The summed E-state index contributed by atoms with van der Waals surface area (Å²) in [4.78, 5) is 10.2. The van der Waals surface area contributed by atoms with Crippen LogP contribution in [0.15, 0.2) is 30.3 Å². The molecule has 6 heteroatoms. The number of nitrogens with one attached hydrogen (secondary N) is 1. The Bertz CT molecular complexity index is 339. The van der Waals surface area contributed by atoms with E-state index in [1.165, 1.54) is 0 Å². The number of hydrogen-bond acceptors (Lipinski definition) is 5. The zero-order chi connectivity index (χ0) is 15.2. The number of carboxylic acid groups (broad SMARTS) is 1. The van der Waals surface area contributed by atoms with Crippen LogP contribution in [0.5, 0.6) is 0 Å². The molecule has 3 N–H and O–H groups in total. The molecule has 0 amide bonds. The lowest BCUT2D eigenvalue weighted by atomic mass is 10.1. The van der Waals surface area contributed by atoms with Gasteiger partial charge >= 0.3 is 5.97 Å². The fourth-order valence-corrected chi connectivity index (χ4v) is 1.25. The summed E-state index contributed by atoms with van der Waals surface area (Å²) >= 11 is 0. The highest BCUT2D eigenvalue weighted by atomic mass is 16.5. The molecule has 1 aromatic carbocycles. The van der Waals surface area contributed by atoms with E-state index in [2.05, 4.69) is 5.32 Å². The van der Waals surface area contributed by atoms with Crippen LogP contribution in [0.1, 0.15) is 11.7 Å². The van der Waals surface area contributed by atoms with Crippen molar-refractivity contribution in [2.24, 2.45) is 0 Å². The standard InChI is InChI=1S/C8H8O3.C6H15NO2/c9-7(8(10)11)6-4-2-1-3-5-6;1-8-5-3-7-4-6-9-2/h1-5,7,9H,(H,10,11);7H,3-6H2,1-2H3/t7-;/m1./s1. The topological polar surface area (TPSA) is 88.0 Å². The number of aliphatic hydroxyl groups is 1. The summed E-state index contributed by atoms with van der Waals surface area (Å²) in [5, 5.41) is 20.5. The van der Waals surface area contributed by atoms with Crippen LogP contribution in [-0.4, -0.2) is 56.7 Å². The summed E-state index contributed by atoms with van der Waals surface area (Å²) in [6, 6.07) is 8.26. The van der Waals surface area contributed by atoms with Crippen LogP contribution < -0.4 is 5.32 Å². The number of carboxylic acids is 1. The van der Waals surface area contributed by atoms with Gasteiger partial charge < -0.3 is 25.0 Å². The smallest absolute Gasteiger partial charge is 0.337 e. The summed E-state index contributed by atoms with van der Waals surface area (Å²) in [5.41, 5.74) is 0.403. The SMILES string of the molecule is COCCNCCOC.O=C(O)[C@H](O)c1ccccc1. The first-order valence-electron chi connectivity index (χ1n) is 6.27. The number of aliphatic carboxylic acids is 1. The Balaban J connectivity index is 0.000000370. The maximum Gasteiger partial charge on any atom is 0.337 e. The largest absolute Gasteiger partial charge is 0.479 e. The van der Waals surface area contributed by atoms with Crippen molar-refractivity contribution in [3.05, 3.63) is 35.9 Å². The summed E-state index contributed by atoms with van der Waals surface area (Å²) in [7, 11) is 3.38. The summed E-state index contributed by atoms with van der Waals surface area (Å²) < 4.78 is 9.64. The van der Waals surface area contributed by atoms with Crippen LogP contribution in [0.3, 0.4) is 0 Å². The Labute approximate surface area is 119 Å². The molecule has 0 aliphatic rings. The van der Waals surface area contributed by atoms with Crippen LogP contribution in [0.2, 0.25) is 0 Å². The minimum absolute atomic E-state index is 0.403. The maximum absolute atomic E-state index is 10.2. The van der Waals surface area contributed by atoms with Crippen LogP contribution in [-0.2, 0) is 14.3 Å². The van der Waals surface area contributed by atoms with Crippen molar-refractivity contribution in [1.29, 1.82) is 0 Å². The lowest BCUT2D eigenvalue weighted by Crippen LogP contribution is -2.23. The van der Waals surface area contributed by atoms with E-state index in [0.717, 1.165) is 26.3 Å². The first-order chi connectivity index (χ1) is 9.63. The third kappa shape index (κ3) is 9.46. The van der Waals surface area contributed by atoms with Gasteiger partial charge in [0.1, 0.15) is 0 Å². The van der Waals surface area contributed by atoms with Crippen LogP contribution in [0.4, 0.5) is 0 Å². The zero-order valence-corrected chi connectivity index (χ0v) is 11.9. The molecule has 1 rings (SSSR count). The van der Waals surface area contributed by atoms with Crippen LogP contribution in [0, 0.1) is 0 Å². The van der Waals surface area contributed by atoms with E-state index < -0.39 is 12.1 Å². The Morgan fingerprint density at radius 3 is 2.05 bits per heavy atom. The Kier molecular flexibility index (Phi) is 11.6. The van der Waals surface area contributed by atoms with Gasteiger partial charge in [-0.25, -0.2) is 4.79 Å². The summed E-state index contributed by atoms with van der Waals surface area (Å²) in [5.74, 6) is -1.23. The second kappa shape index (κ2) is 12.6. The number of hydrogen-bond donors (Lipinski definition) is 3. The monoisotopic (exact) mass is 285 g/mol. The van der Waals surface area contributed by atoms with Crippen LogP contribution >= 0.6 is 0 Å². The van der Waals surface area contributed by atoms with E-state index in [4.69, 9.17) is 19.7 Å². The van der Waals surface area contributed by atoms with E-state index in [1.54, 1.807) is 44.6 Å². The molecule has 114 valence electrons. The number of ether oxygens (including phenoxy) is 2. The van der Waals surface area contributed by atoms with Gasteiger partial charge in [0.05, 0.1) is 13.2 Å². The van der Waals surface area contributed by atoms with Crippen molar-refractivity contribution < 1.29 is 24.5 Å². The van der Waals surface area contributed by atoms with Crippen molar-refractivity contribution in [3.63, 3.8) is 0 Å². The van der Waals surface area contributed by atoms with Gasteiger partial charge in [-0.2, -0.15) is 0 Å². The van der Waals surface area contributed by atoms with Gasteiger partial charge in [-0.15, -0.1) is 0 Å². The lowest BCUT2D eigenvalue weighted by molar-refractivity contribution is -0.146. The second-order valence-corrected chi connectivity index (χ2v) is 3.89. The van der Waals surface area contributed by atoms with E-state index in [0.29, 0.717) is 5.56 Å². The lowest BCUT2D eigenvalue weighted by Gasteiger charge is -2.03. The van der Waals surface area contributed by atoms with Gasteiger partial charge in [-0.3, -0.25) is 0 Å². The molecule has 20 heavy (non-hydrogen) atoms. The minimum atomic E-state index is -1.41. The molecule has 0 radical (unpaired) electrons. The predicted molar refractivity (Wildman–Crippen MR) is 75.7 cm³/mol. The highest BCUT2D eigenvalue weighted by Crippen LogP contribution is 2.10. The molecule has 0 aliphatic carbocycles. The summed E-state index contributed by atoms with van der Waals surface area (Å²) in [6.45, 7) is 3.34. The zero-order valence-electron chi connectivity index (χ0n) is 11.9. The molecule has 0 aromatic heterocycles. The van der Waals surface area contributed by atoms with Crippen molar-refractivity contribution >= 4 is 5.97 Å². The second-order valence-electron chi connectivity index (χ2n) is 3.89. The Hall–Kier alpha value is -1.47. The summed E-state index contributed by atoms with van der Waals surface area (Å²) in [6.07, 6.45) is -1.41. The number of aliphatic hydroxyl groups excluding tert-OH is 1. The van der Waals surface area contributed by atoms with E-state index in [1.807, 2.05) is 0 Å². The minimum Gasteiger partial charge on any atom is -0.479 e. The molecule has 1 atom stereocenters. The van der Waals surface area contributed by atoms with E-state index in [-0.39, 0.29) is 0 Å². The van der Waals surface area contributed by atoms with Crippen LogP contribution in [0.25, 0.3) is 0 Å². The molecule has 0 saturated heterocycles. The van der Waals surface area contributed by atoms with Gasteiger partial charge in [-0.05, 0) is 5.56 Å². The number of rotatable bonds is 8. The molecule has 0 saturated carbocycles. The van der Waals surface area contributed by atoms with Gasteiger partial charge in [0.15, 0.2) is 6.10 Å². The molecule has 0 heterocycles. The van der Waals surface area contributed by atoms with Crippen molar-refractivity contribution in [1.82, 2.24) is 5.32 Å². The van der Waals surface area contributed by atoms with Gasteiger partial charge in [0.25, 0.3) is 0 Å². The average Bonchev–Trinajstić information content (AvgIpc) is 2.48. The van der Waals surface area contributed by atoms with Gasteiger partial charge in [-0.1, -0.05) is 30.3 Å². The number of benzene rings is 1. The molecule has 0 bridgehead atoms. The molecule has 0 fully saturated rings. The molecular weight excluding hydrogens is 262 g/mol. The first-order valence-corrected chi connectivity index (χ1v) is 6.27. The van der Waals surface area contributed by atoms with Crippen molar-refractivity contribution in [2.45, 2.75) is 6.10 Å². The highest BCUT2D eigenvalue weighted by Gasteiger charge is 2.14. The van der Waals surface area contributed by atoms with E-state index in [9.17, 15) is 4.79 Å². The molecule has 6 nitrogen and oxygen atoms in total. The molecule has 0 aliphatic heterocycles. The normalized spacial score (nSPS) is 11.3. The Morgan fingerprint density at radius 1 is 1.15 bits per heavy atom. The van der Waals surface area contributed by atoms with Crippen molar-refractivity contribution in [3.8, 4) is 0 Å². The number of methoxy groups -OCH3 is 2. The average molecular weight is 285 g/mol. The highest BCUT2D eigenvalue weighted by molar-refractivity contribution is 5.73. The predicted octanol–water partition coefficient (Wildman–Crippen LogP) is 0.673.